The number of carboxylic acids is 1. The number of fused-ring (bicyclic) bond motifs is 1. The number of para-hydroxylation sites is 1. The van der Waals surface area contributed by atoms with Gasteiger partial charge in [-0.25, -0.2) is 4.39 Å². The summed E-state index contributed by atoms with van der Waals surface area (Å²) in [6, 6.07) is 12.6. The summed E-state index contributed by atoms with van der Waals surface area (Å²) in [6.07, 6.45) is 0.663. The summed E-state index contributed by atoms with van der Waals surface area (Å²) < 4.78 is 18.6. The first-order valence-electron chi connectivity index (χ1n) is 8.51. The molecule has 2 atom stereocenters. The monoisotopic (exact) mass is 357 g/mol. The van der Waals surface area contributed by atoms with E-state index < -0.39 is 12.0 Å². The van der Waals surface area contributed by atoms with Crippen molar-refractivity contribution >= 4 is 11.9 Å². The van der Waals surface area contributed by atoms with Crippen molar-refractivity contribution in [2.75, 3.05) is 6.61 Å². The summed E-state index contributed by atoms with van der Waals surface area (Å²) >= 11 is 0. The predicted octanol–water partition coefficient (Wildman–Crippen LogP) is 2.89. The molecule has 26 heavy (non-hydrogen) atoms. The SMILES string of the molecule is O=C(O)C[C@H](Cc1ccc(F)cc1)NC(=O)C1CCOc2ccccc21. The second-order valence-electron chi connectivity index (χ2n) is 6.36. The van der Waals surface area contributed by atoms with Gasteiger partial charge in [-0.2, -0.15) is 0 Å². The maximum Gasteiger partial charge on any atom is 0.305 e. The van der Waals surface area contributed by atoms with Gasteiger partial charge >= 0.3 is 5.97 Å². The normalized spacial score (nSPS) is 16.9. The summed E-state index contributed by atoms with van der Waals surface area (Å²) in [4.78, 5) is 24.0. The Labute approximate surface area is 150 Å². The molecule has 136 valence electrons. The van der Waals surface area contributed by atoms with Gasteiger partial charge in [0.05, 0.1) is 18.9 Å². The zero-order valence-corrected chi connectivity index (χ0v) is 14.2. The quantitative estimate of drug-likeness (QED) is 0.834. The molecule has 1 aliphatic rings. The molecule has 3 rings (SSSR count). The Balaban J connectivity index is 1.73. The van der Waals surface area contributed by atoms with E-state index >= 15 is 0 Å². The highest BCUT2D eigenvalue weighted by Gasteiger charge is 2.29. The molecule has 2 aromatic rings. The zero-order valence-electron chi connectivity index (χ0n) is 14.2. The molecular weight excluding hydrogens is 337 g/mol. The molecule has 0 saturated heterocycles. The molecule has 0 saturated carbocycles. The molecule has 2 N–H and O–H groups in total. The van der Waals surface area contributed by atoms with Crippen molar-refractivity contribution in [1.82, 2.24) is 5.32 Å². The summed E-state index contributed by atoms with van der Waals surface area (Å²) in [6.45, 7) is 0.441. The topological polar surface area (TPSA) is 75.6 Å². The number of benzene rings is 2. The van der Waals surface area contributed by atoms with E-state index in [0.29, 0.717) is 25.2 Å². The standard InChI is InChI=1S/C20H20FNO4/c21-14-7-5-13(6-8-14)11-15(12-19(23)24)22-20(25)17-9-10-26-18-4-2-1-3-16(17)18/h1-8,15,17H,9-12H2,(H,22,25)(H,23,24)/t15-,17?/m0/s1. The first-order chi connectivity index (χ1) is 12.5. The Kier molecular flexibility index (Phi) is 5.51. The number of carboxylic acid groups (broad SMARTS) is 1. The number of carbonyl (C=O) groups is 2. The minimum Gasteiger partial charge on any atom is -0.493 e. The van der Waals surface area contributed by atoms with Gasteiger partial charge in [-0.3, -0.25) is 9.59 Å². The van der Waals surface area contributed by atoms with E-state index in [1.165, 1.54) is 12.1 Å². The fourth-order valence-corrected chi connectivity index (χ4v) is 3.21. The predicted molar refractivity (Wildman–Crippen MR) is 93.6 cm³/mol. The molecule has 0 bridgehead atoms. The van der Waals surface area contributed by atoms with E-state index in [1.807, 2.05) is 24.3 Å². The van der Waals surface area contributed by atoms with Gasteiger partial charge in [-0.05, 0) is 36.6 Å². The Morgan fingerprint density at radius 1 is 1.19 bits per heavy atom. The molecule has 0 aliphatic carbocycles. The molecule has 0 fully saturated rings. The number of halogens is 1. The smallest absolute Gasteiger partial charge is 0.305 e. The summed E-state index contributed by atoms with van der Waals surface area (Å²) in [5.41, 5.74) is 1.58. The van der Waals surface area contributed by atoms with Crippen LogP contribution < -0.4 is 10.1 Å². The largest absolute Gasteiger partial charge is 0.493 e. The maximum atomic E-state index is 13.1. The van der Waals surface area contributed by atoms with Crippen LogP contribution in [-0.2, 0) is 16.0 Å². The molecule has 0 radical (unpaired) electrons. The van der Waals surface area contributed by atoms with Crippen LogP contribution in [0.1, 0.15) is 29.9 Å². The molecule has 1 heterocycles. The molecule has 0 aromatic heterocycles. The van der Waals surface area contributed by atoms with Crippen molar-refractivity contribution in [3.05, 3.63) is 65.5 Å². The zero-order chi connectivity index (χ0) is 18.5. The van der Waals surface area contributed by atoms with Gasteiger partial charge in [0.2, 0.25) is 5.91 Å². The van der Waals surface area contributed by atoms with Gasteiger partial charge in [0.1, 0.15) is 11.6 Å². The van der Waals surface area contributed by atoms with Crippen molar-refractivity contribution in [2.45, 2.75) is 31.2 Å². The first-order valence-corrected chi connectivity index (χ1v) is 8.51. The number of rotatable bonds is 6. The molecule has 1 unspecified atom stereocenters. The fourth-order valence-electron chi connectivity index (χ4n) is 3.21. The molecule has 0 spiro atoms. The highest BCUT2D eigenvalue weighted by molar-refractivity contribution is 5.85. The Bertz CT molecular complexity index is 791. The van der Waals surface area contributed by atoms with E-state index in [9.17, 15) is 14.0 Å². The molecule has 1 aliphatic heterocycles. The summed E-state index contributed by atoms with van der Waals surface area (Å²) in [7, 11) is 0. The minimum absolute atomic E-state index is 0.200. The van der Waals surface area contributed by atoms with E-state index in [1.54, 1.807) is 12.1 Å². The number of hydrogen-bond donors (Lipinski definition) is 2. The highest BCUT2D eigenvalue weighted by atomic mass is 19.1. The molecule has 1 amide bonds. The Hall–Kier alpha value is -2.89. The van der Waals surface area contributed by atoms with Crippen LogP contribution in [0.15, 0.2) is 48.5 Å². The van der Waals surface area contributed by atoms with Gasteiger partial charge < -0.3 is 15.2 Å². The molecule has 5 nitrogen and oxygen atoms in total. The second kappa shape index (κ2) is 7.99. The van der Waals surface area contributed by atoms with E-state index in [-0.39, 0.29) is 24.1 Å². The lowest BCUT2D eigenvalue weighted by molar-refractivity contribution is -0.137. The minimum atomic E-state index is -0.996. The van der Waals surface area contributed by atoms with Gasteiger partial charge in [-0.1, -0.05) is 30.3 Å². The van der Waals surface area contributed by atoms with Crippen molar-refractivity contribution < 1.29 is 23.8 Å². The lowest BCUT2D eigenvalue weighted by Gasteiger charge is -2.27. The van der Waals surface area contributed by atoms with Crippen LogP contribution in [0.3, 0.4) is 0 Å². The average molecular weight is 357 g/mol. The van der Waals surface area contributed by atoms with Crippen LogP contribution in [0.5, 0.6) is 5.75 Å². The average Bonchev–Trinajstić information content (AvgIpc) is 2.62. The summed E-state index contributed by atoms with van der Waals surface area (Å²) in [5, 5.41) is 12.0. The van der Waals surface area contributed by atoms with Crippen molar-refractivity contribution in [3.8, 4) is 5.75 Å². The number of carbonyl (C=O) groups excluding carboxylic acids is 1. The summed E-state index contributed by atoms with van der Waals surface area (Å²) in [5.74, 6) is -1.25. The molecule has 2 aromatic carbocycles. The van der Waals surface area contributed by atoms with Crippen LogP contribution in [0, 0.1) is 5.82 Å². The second-order valence-corrected chi connectivity index (χ2v) is 6.36. The van der Waals surface area contributed by atoms with E-state index in [2.05, 4.69) is 5.32 Å². The van der Waals surface area contributed by atoms with Gasteiger partial charge in [-0.15, -0.1) is 0 Å². The lowest BCUT2D eigenvalue weighted by Crippen LogP contribution is -2.41. The lowest BCUT2D eigenvalue weighted by atomic mass is 9.91. The van der Waals surface area contributed by atoms with Crippen molar-refractivity contribution in [1.29, 1.82) is 0 Å². The van der Waals surface area contributed by atoms with Crippen LogP contribution in [0.4, 0.5) is 4.39 Å². The number of hydrogen-bond acceptors (Lipinski definition) is 3. The number of nitrogens with one attached hydrogen (secondary N) is 1. The van der Waals surface area contributed by atoms with Crippen LogP contribution >= 0.6 is 0 Å². The number of amides is 1. The third-order valence-electron chi connectivity index (χ3n) is 4.44. The molecule has 6 heteroatoms. The number of aliphatic carboxylic acids is 1. The van der Waals surface area contributed by atoms with E-state index in [4.69, 9.17) is 9.84 Å². The Morgan fingerprint density at radius 2 is 1.92 bits per heavy atom. The van der Waals surface area contributed by atoms with Crippen molar-refractivity contribution in [2.24, 2.45) is 0 Å². The van der Waals surface area contributed by atoms with Gasteiger partial charge in [0, 0.05) is 11.6 Å². The van der Waals surface area contributed by atoms with Crippen LogP contribution in [-0.4, -0.2) is 29.6 Å². The third kappa shape index (κ3) is 4.39. The first kappa shape index (κ1) is 17.9. The van der Waals surface area contributed by atoms with Crippen LogP contribution in [0.2, 0.25) is 0 Å². The Morgan fingerprint density at radius 3 is 2.65 bits per heavy atom. The van der Waals surface area contributed by atoms with Gasteiger partial charge in [0.15, 0.2) is 0 Å². The maximum absolute atomic E-state index is 13.1. The van der Waals surface area contributed by atoms with Crippen molar-refractivity contribution in [3.63, 3.8) is 0 Å². The van der Waals surface area contributed by atoms with Gasteiger partial charge in [0.25, 0.3) is 0 Å². The molecular formula is C20H20FNO4. The number of ether oxygens (including phenoxy) is 1. The van der Waals surface area contributed by atoms with E-state index in [0.717, 1.165) is 11.1 Å². The van der Waals surface area contributed by atoms with Crippen LogP contribution in [0.25, 0.3) is 0 Å². The fraction of sp³-hybridized carbons (Fsp3) is 0.300. The third-order valence-corrected chi connectivity index (χ3v) is 4.44. The highest BCUT2D eigenvalue weighted by Crippen LogP contribution is 2.33.